The number of hydrogen-bond donors (Lipinski definition) is 2. The molecule has 0 saturated carbocycles. The van der Waals surface area contributed by atoms with Crippen LogP contribution in [0.1, 0.15) is 93.9 Å². The summed E-state index contributed by atoms with van der Waals surface area (Å²) in [6.07, 6.45) is 2.88. The molecule has 0 saturated heterocycles. The van der Waals surface area contributed by atoms with Gasteiger partial charge < -0.3 is 29.6 Å². The van der Waals surface area contributed by atoms with Gasteiger partial charge in [-0.3, -0.25) is 24.0 Å². The second kappa shape index (κ2) is 30.0. The number of thioether (sulfide) groups is 1. The lowest BCUT2D eigenvalue weighted by Gasteiger charge is -2.21. The molecule has 0 aliphatic heterocycles. The van der Waals surface area contributed by atoms with Crippen LogP contribution in [0.3, 0.4) is 0 Å². The summed E-state index contributed by atoms with van der Waals surface area (Å²) < 4.78 is 22.1. The first-order valence-electron chi connectivity index (χ1n) is 22.5. The van der Waals surface area contributed by atoms with Crippen molar-refractivity contribution in [2.45, 2.75) is 110 Å². The Morgan fingerprint density at radius 2 is 0.985 bits per heavy atom. The van der Waals surface area contributed by atoms with Crippen LogP contribution in [0.25, 0.3) is 0 Å². The van der Waals surface area contributed by atoms with Gasteiger partial charge in [-0.05, 0) is 42.0 Å². The van der Waals surface area contributed by atoms with E-state index in [9.17, 15) is 33.6 Å². The third-order valence-corrected chi connectivity index (χ3v) is 11.7. The minimum absolute atomic E-state index is 0.00256. The molecule has 4 atom stereocenters. The van der Waals surface area contributed by atoms with Crippen LogP contribution in [-0.2, 0) is 78.9 Å². The normalized spacial score (nSPS) is 12.6. The molecule has 0 fully saturated rings. The molecule has 13 nitrogen and oxygen atoms in total. The van der Waals surface area contributed by atoms with Gasteiger partial charge in [-0.25, -0.2) is 9.59 Å². The fourth-order valence-electron chi connectivity index (χ4n) is 6.62. The van der Waals surface area contributed by atoms with E-state index in [1.807, 2.05) is 97.1 Å². The summed E-state index contributed by atoms with van der Waals surface area (Å²) in [5.41, 5.74) is 3.06. The van der Waals surface area contributed by atoms with Gasteiger partial charge in [-0.15, -0.1) is 0 Å². The molecule has 0 aliphatic rings. The van der Waals surface area contributed by atoms with E-state index in [0.29, 0.717) is 6.42 Å². The van der Waals surface area contributed by atoms with E-state index in [4.69, 9.17) is 18.9 Å². The summed E-state index contributed by atoms with van der Waals surface area (Å²) in [6, 6.07) is 34.2. The zero-order chi connectivity index (χ0) is 47.4. The SMILES string of the molecule is CCCCCCC(=O)N[C@H](CCC(=O)C[C@H](CSC[C@H](CC(=O)OCc1ccccc1)C(=O)OCc1ccccc1)C(=O)N[C@H](C)C(=O)OCc1ccccc1)C(=O)OCc1ccccc1. The van der Waals surface area contributed by atoms with Crippen LogP contribution in [0, 0.1) is 11.8 Å². The molecule has 352 valence electrons. The molecule has 0 heterocycles. The van der Waals surface area contributed by atoms with Crippen molar-refractivity contribution < 1.29 is 52.5 Å². The average Bonchev–Trinajstić information content (AvgIpc) is 3.34. The molecule has 0 radical (unpaired) electrons. The van der Waals surface area contributed by atoms with Gasteiger partial charge in [0.15, 0.2) is 0 Å². The molecule has 14 heteroatoms. The first-order chi connectivity index (χ1) is 32.0. The number of ketones is 1. The maximum Gasteiger partial charge on any atom is 0.328 e. The largest absolute Gasteiger partial charge is 0.461 e. The second-order valence-corrected chi connectivity index (χ2v) is 17.1. The van der Waals surface area contributed by atoms with Crippen molar-refractivity contribution in [3.05, 3.63) is 144 Å². The van der Waals surface area contributed by atoms with Crippen LogP contribution in [-0.4, -0.2) is 65.1 Å². The molecule has 0 aliphatic carbocycles. The highest BCUT2D eigenvalue weighted by atomic mass is 32.2. The maximum absolute atomic E-state index is 13.9. The fraction of sp³-hybridized carbons (Fsp3) is 0.404. The summed E-state index contributed by atoms with van der Waals surface area (Å²) in [5.74, 6) is -5.83. The Morgan fingerprint density at radius 3 is 1.50 bits per heavy atom. The van der Waals surface area contributed by atoms with Gasteiger partial charge in [-0.1, -0.05) is 148 Å². The number of carbonyl (C=O) groups excluding carboxylic acids is 7. The standard InChI is InChI=1S/C52H62N2O11S/c1-3-4-5-18-27-47(56)54-46(52(61)65-35-42-25-16-9-17-26-42)29-28-45(55)30-43(49(58)53-38(2)50(59)63-33-40-21-12-7-13-22-40)36-66-37-44(51(60)64-34-41-23-14-8-15-24-41)31-48(57)62-32-39-19-10-6-11-20-39/h6-17,19-26,38,43-44,46H,3-5,18,27-37H2,1-2H3,(H,53,58)(H,54,56)/t38-,43-,44+,46-/m1/s1. The molecule has 4 rings (SSSR count). The van der Waals surface area contributed by atoms with Crippen molar-refractivity contribution in [3.63, 3.8) is 0 Å². The number of benzene rings is 4. The predicted octanol–water partition coefficient (Wildman–Crippen LogP) is 8.02. The van der Waals surface area contributed by atoms with Gasteiger partial charge >= 0.3 is 23.9 Å². The average molecular weight is 923 g/mol. The van der Waals surface area contributed by atoms with E-state index in [0.717, 1.165) is 41.5 Å². The van der Waals surface area contributed by atoms with Crippen LogP contribution >= 0.6 is 11.8 Å². The molecule has 0 unspecified atom stereocenters. The Morgan fingerprint density at radius 1 is 0.515 bits per heavy atom. The van der Waals surface area contributed by atoms with Gasteiger partial charge in [-0.2, -0.15) is 11.8 Å². The van der Waals surface area contributed by atoms with E-state index in [1.54, 1.807) is 24.3 Å². The Balaban J connectivity index is 1.45. The quantitative estimate of drug-likeness (QED) is 0.0293. The number of unbranched alkanes of at least 4 members (excludes halogenated alkanes) is 3. The number of ether oxygens (including phenoxy) is 4. The number of hydrogen-bond acceptors (Lipinski definition) is 12. The molecule has 0 aromatic heterocycles. The first kappa shape index (κ1) is 52.3. The number of nitrogens with one attached hydrogen (secondary N) is 2. The van der Waals surface area contributed by atoms with Gasteiger partial charge in [0.05, 0.1) is 18.3 Å². The Kier molecular flexibility index (Phi) is 23.8. The number of carbonyl (C=O) groups is 7. The van der Waals surface area contributed by atoms with E-state index in [-0.39, 0.29) is 81.7 Å². The van der Waals surface area contributed by atoms with Gasteiger partial charge in [0.25, 0.3) is 0 Å². The van der Waals surface area contributed by atoms with Crippen molar-refractivity contribution in [2.24, 2.45) is 11.8 Å². The molecule has 66 heavy (non-hydrogen) atoms. The number of esters is 4. The molecule has 2 N–H and O–H groups in total. The molecule has 2 amide bonds. The zero-order valence-corrected chi connectivity index (χ0v) is 38.7. The first-order valence-corrected chi connectivity index (χ1v) is 23.7. The monoisotopic (exact) mass is 922 g/mol. The van der Waals surface area contributed by atoms with Crippen molar-refractivity contribution in [3.8, 4) is 0 Å². The molecular formula is C52H62N2O11S. The summed E-state index contributed by atoms with van der Waals surface area (Å²) in [4.78, 5) is 93.5. The van der Waals surface area contributed by atoms with Crippen LogP contribution in [0.2, 0.25) is 0 Å². The Labute approximate surface area is 392 Å². The van der Waals surface area contributed by atoms with Crippen molar-refractivity contribution >= 4 is 53.2 Å². The fourth-order valence-corrected chi connectivity index (χ4v) is 7.85. The molecule has 4 aromatic rings. The van der Waals surface area contributed by atoms with Crippen molar-refractivity contribution in [2.75, 3.05) is 11.5 Å². The lowest BCUT2D eigenvalue weighted by Crippen LogP contribution is -2.44. The third-order valence-electron chi connectivity index (χ3n) is 10.4. The zero-order valence-electron chi connectivity index (χ0n) is 37.9. The van der Waals surface area contributed by atoms with Crippen LogP contribution in [0.5, 0.6) is 0 Å². The number of amides is 2. The lowest BCUT2D eigenvalue weighted by molar-refractivity contribution is -0.155. The van der Waals surface area contributed by atoms with E-state index in [2.05, 4.69) is 17.6 Å². The molecule has 0 bridgehead atoms. The lowest BCUT2D eigenvalue weighted by atomic mass is 9.98. The van der Waals surface area contributed by atoms with E-state index < -0.39 is 53.7 Å². The van der Waals surface area contributed by atoms with Gasteiger partial charge in [0.2, 0.25) is 11.8 Å². The second-order valence-electron chi connectivity index (χ2n) is 16.0. The highest BCUT2D eigenvalue weighted by molar-refractivity contribution is 7.99. The Hall–Kier alpha value is -6.28. The summed E-state index contributed by atoms with van der Waals surface area (Å²) in [5, 5.41) is 5.43. The maximum atomic E-state index is 13.9. The van der Waals surface area contributed by atoms with Crippen LogP contribution in [0.15, 0.2) is 121 Å². The highest BCUT2D eigenvalue weighted by Crippen LogP contribution is 2.22. The van der Waals surface area contributed by atoms with Crippen LogP contribution < -0.4 is 10.6 Å². The van der Waals surface area contributed by atoms with E-state index >= 15 is 0 Å². The Bertz CT molecular complexity index is 2110. The van der Waals surface area contributed by atoms with Gasteiger partial charge in [0.1, 0.15) is 44.3 Å². The smallest absolute Gasteiger partial charge is 0.328 e. The summed E-state index contributed by atoms with van der Waals surface area (Å²) in [6.45, 7) is 3.53. The highest BCUT2D eigenvalue weighted by Gasteiger charge is 2.30. The number of Topliss-reactive ketones (excluding diaryl/α,β-unsaturated/α-hetero) is 1. The topological polar surface area (TPSA) is 180 Å². The summed E-state index contributed by atoms with van der Waals surface area (Å²) >= 11 is 1.17. The molecule has 4 aromatic carbocycles. The molecular weight excluding hydrogens is 861 g/mol. The minimum Gasteiger partial charge on any atom is -0.461 e. The van der Waals surface area contributed by atoms with Crippen molar-refractivity contribution in [1.82, 2.24) is 10.6 Å². The third kappa shape index (κ3) is 20.7. The van der Waals surface area contributed by atoms with Crippen molar-refractivity contribution in [1.29, 1.82) is 0 Å². The minimum atomic E-state index is -1.11. The summed E-state index contributed by atoms with van der Waals surface area (Å²) in [7, 11) is 0. The van der Waals surface area contributed by atoms with Gasteiger partial charge in [0, 0.05) is 30.8 Å². The molecule has 0 spiro atoms. The van der Waals surface area contributed by atoms with E-state index in [1.165, 1.54) is 18.7 Å². The van der Waals surface area contributed by atoms with Crippen LogP contribution in [0.4, 0.5) is 0 Å². The number of rotatable bonds is 30. The predicted molar refractivity (Wildman–Crippen MR) is 251 cm³/mol.